The minimum atomic E-state index is -0.162. The number of hydrogen-bond acceptors (Lipinski definition) is 1. The molecule has 0 amide bonds. The molecular formula is C9H6BrFS. The number of thiophene rings is 1. The summed E-state index contributed by atoms with van der Waals surface area (Å²) in [7, 11) is 0. The minimum Gasteiger partial charge on any atom is -0.207 e. The lowest BCUT2D eigenvalue weighted by molar-refractivity contribution is 0.630. The predicted molar refractivity (Wildman–Crippen MR) is 54.4 cm³/mol. The van der Waals surface area contributed by atoms with Crippen LogP contribution in [0.25, 0.3) is 10.1 Å². The van der Waals surface area contributed by atoms with Crippen LogP contribution in [0.4, 0.5) is 4.39 Å². The molecule has 2 rings (SSSR count). The molecule has 0 spiro atoms. The van der Waals surface area contributed by atoms with Crippen molar-refractivity contribution in [3.05, 3.63) is 35.0 Å². The van der Waals surface area contributed by atoms with Crippen molar-refractivity contribution in [1.82, 2.24) is 0 Å². The number of benzene rings is 1. The van der Waals surface area contributed by atoms with Crippen molar-refractivity contribution in [2.75, 3.05) is 0 Å². The van der Waals surface area contributed by atoms with E-state index < -0.39 is 0 Å². The molecular weight excluding hydrogens is 239 g/mol. The molecule has 3 heteroatoms. The molecule has 1 heterocycles. The Hall–Kier alpha value is -0.410. The Morgan fingerprint density at radius 1 is 1.42 bits per heavy atom. The molecule has 12 heavy (non-hydrogen) atoms. The van der Waals surface area contributed by atoms with E-state index in [1.54, 1.807) is 17.4 Å². The summed E-state index contributed by atoms with van der Waals surface area (Å²) in [5, 5.41) is 4.04. The Labute approximate surface area is 82.2 Å². The molecule has 0 bridgehead atoms. The van der Waals surface area contributed by atoms with E-state index in [1.165, 1.54) is 11.6 Å². The van der Waals surface area contributed by atoms with E-state index in [1.807, 2.05) is 6.07 Å². The Balaban J connectivity index is 2.73. The van der Waals surface area contributed by atoms with Gasteiger partial charge in [-0.2, -0.15) is 0 Å². The quantitative estimate of drug-likeness (QED) is 0.667. The third-order valence-corrected chi connectivity index (χ3v) is 3.36. The van der Waals surface area contributed by atoms with Crippen LogP contribution in [-0.2, 0) is 5.33 Å². The van der Waals surface area contributed by atoms with Gasteiger partial charge in [0.2, 0.25) is 0 Å². The van der Waals surface area contributed by atoms with Crippen LogP contribution in [0, 0.1) is 5.82 Å². The molecule has 0 fully saturated rings. The molecule has 1 aromatic carbocycles. The summed E-state index contributed by atoms with van der Waals surface area (Å²) in [5.74, 6) is -0.162. The zero-order chi connectivity index (χ0) is 8.55. The predicted octanol–water partition coefficient (Wildman–Crippen LogP) is 3.94. The van der Waals surface area contributed by atoms with Crippen LogP contribution in [0.5, 0.6) is 0 Å². The van der Waals surface area contributed by atoms with Crippen LogP contribution in [0.2, 0.25) is 0 Å². The van der Waals surface area contributed by atoms with Crippen LogP contribution >= 0.6 is 27.3 Å². The van der Waals surface area contributed by atoms with Gasteiger partial charge in [0.15, 0.2) is 0 Å². The van der Waals surface area contributed by atoms with Crippen LogP contribution in [-0.4, -0.2) is 0 Å². The van der Waals surface area contributed by atoms with Crippen molar-refractivity contribution in [2.24, 2.45) is 0 Å². The zero-order valence-corrected chi connectivity index (χ0v) is 8.58. The first-order valence-corrected chi connectivity index (χ1v) is 5.53. The lowest BCUT2D eigenvalue weighted by Crippen LogP contribution is -1.74. The van der Waals surface area contributed by atoms with Crippen molar-refractivity contribution in [1.29, 1.82) is 0 Å². The first-order valence-electron chi connectivity index (χ1n) is 3.53. The molecule has 1 aromatic heterocycles. The maximum atomic E-state index is 12.7. The molecule has 0 atom stereocenters. The third kappa shape index (κ3) is 1.27. The molecule has 0 aliphatic rings. The highest BCUT2D eigenvalue weighted by molar-refractivity contribution is 9.08. The summed E-state index contributed by atoms with van der Waals surface area (Å²) in [6, 6.07) is 4.91. The molecule has 0 saturated carbocycles. The smallest absolute Gasteiger partial charge is 0.124 e. The first-order chi connectivity index (χ1) is 5.81. The number of halogens is 2. The van der Waals surface area contributed by atoms with Crippen LogP contribution < -0.4 is 0 Å². The number of fused-ring (bicyclic) bond motifs is 1. The van der Waals surface area contributed by atoms with Gasteiger partial charge < -0.3 is 0 Å². The Morgan fingerprint density at radius 3 is 3.00 bits per heavy atom. The molecule has 0 radical (unpaired) electrons. The molecule has 0 aliphatic carbocycles. The van der Waals surface area contributed by atoms with Gasteiger partial charge in [0.1, 0.15) is 5.82 Å². The van der Waals surface area contributed by atoms with E-state index in [-0.39, 0.29) is 5.82 Å². The summed E-state index contributed by atoms with van der Waals surface area (Å²) in [4.78, 5) is 0. The van der Waals surface area contributed by atoms with Crippen molar-refractivity contribution < 1.29 is 4.39 Å². The minimum absolute atomic E-state index is 0.162. The second-order valence-corrected chi connectivity index (χ2v) is 4.01. The normalized spacial score (nSPS) is 10.8. The SMILES string of the molecule is Fc1ccc2c(CBr)csc2c1. The van der Waals surface area contributed by atoms with Gasteiger partial charge in [-0.15, -0.1) is 11.3 Å². The lowest BCUT2D eigenvalue weighted by Gasteiger charge is -1.92. The number of hydrogen-bond donors (Lipinski definition) is 0. The van der Waals surface area contributed by atoms with Gasteiger partial charge in [-0.25, -0.2) is 4.39 Å². The van der Waals surface area contributed by atoms with Gasteiger partial charge in [-0.05, 0) is 28.5 Å². The molecule has 0 N–H and O–H groups in total. The van der Waals surface area contributed by atoms with E-state index in [2.05, 4.69) is 21.3 Å². The van der Waals surface area contributed by atoms with Crippen LogP contribution in [0.1, 0.15) is 5.56 Å². The summed E-state index contributed by atoms with van der Waals surface area (Å²) >= 11 is 4.97. The molecule has 62 valence electrons. The lowest BCUT2D eigenvalue weighted by atomic mass is 10.2. The van der Waals surface area contributed by atoms with Gasteiger partial charge in [-0.3, -0.25) is 0 Å². The van der Waals surface area contributed by atoms with Gasteiger partial charge in [0.25, 0.3) is 0 Å². The summed E-state index contributed by atoms with van der Waals surface area (Å²) in [5.41, 5.74) is 1.23. The third-order valence-electron chi connectivity index (χ3n) is 1.76. The van der Waals surface area contributed by atoms with E-state index in [9.17, 15) is 4.39 Å². The summed E-state index contributed by atoms with van der Waals surface area (Å²) in [6.07, 6.45) is 0. The fourth-order valence-electron chi connectivity index (χ4n) is 1.16. The van der Waals surface area contributed by atoms with E-state index >= 15 is 0 Å². The van der Waals surface area contributed by atoms with Gasteiger partial charge in [0.05, 0.1) is 0 Å². The second-order valence-electron chi connectivity index (χ2n) is 2.54. The fraction of sp³-hybridized carbons (Fsp3) is 0.111. The topological polar surface area (TPSA) is 0 Å². The van der Waals surface area contributed by atoms with Gasteiger partial charge in [-0.1, -0.05) is 22.0 Å². The van der Waals surface area contributed by atoms with Crippen LogP contribution in [0.3, 0.4) is 0 Å². The second kappa shape index (κ2) is 3.15. The average Bonchev–Trinajstić information content (AvgIpc) is 2.46. The average molecular weight is 245 g/mol. The first kappa shape index (κ1) is 8.20. The highest BCUT2D eigenvalue weighted by Crippen LogP contribution is 2.27. The van der Waals surface area contributed by atoms with Gasteiger partial charge in [0, 0.05) is 10.0 Å². The van der Waals surface area contributed by atoms with Crippen molar-refractivity contribution in [3.63, 3.8) is 0 Å². The summed E-state index contributed by atoms with van der Waals surface area (Å²) < 4.78 is 13.8. The monoisotopic (exact) mass is 244 g/mol. The largest absolute Gasteiger partial charge is 0.207 e. The maximum absolute atomic E-state index is 12.7. The Morgan fingerprint density at radius 2 is 2.25 bits per heavy atom. The van der Waals surface area contributed by atoms with Crippen molar-refractivity contribution in [3.8, 4) is 0 Å². The molecule has 2 aromatic rings. The van der Waals surface area contributed by atoms with E-state index in [4.69, 9.17) is 0 Å². The Kier molecular flexibility index (Phi) is 2.15. The summed E-state index contributed by atoms with van der Waals surface area (Å²) in [6.45, 7) is 0. The zero-order valence-electron chi connectivity index (χ0n) is 6.18. The van der Waals surface area contributed by atoms with Crippen molar-refractivity contribution in [2.45, 2.75) is 5.33 Å². The fourth-order valence-corrected chi connectivity index (χ4v) is 2.83. The standard InChI is InChI=1S/C9H6BrFS/c10-4-6-5-12-9-3-7(11)1-2-8(6)9/h1-3,5H,4H2. The van der Waals surface area contributed by atoms with Gasteiger partial charge >= 0.3 is 0 Å². The van der Waals surface area contributed by atoms with Crippen LogP contribution in [0.15, 0.2) is 23.6 Å². The highest BCUT2D eigenvalue weighted by atomic mass is 79.9. The highest BCUT2D eigenvalue weighted by Gasteiger charge is 2.02. The number of alkyl halides is 1. The molecule has 0 aliphatic heterocycles. The molecule has 0 saturated heterocycles. The molecule has 0 unspecified atom stereocenters. The van der Waals surface area contributed by atoms with E-state index in [0.717, 1.165) is 15.4 Å². The number of rotatable bonds is 1. The van der Waals surface area contributed by atoms with E-state index in [0.29, 0.717) is 0 Å². The molecule has 0 nitrogen and oxygen atoms in total. The maximum Gasteiger partial charge on any atom is 0.124 e. The van der Waals surface area contributed by atoms with Crippen molar-refractivity contribution >= 4 is 37.4 Å². The Bertz CT molecular complexity index is 408.